The molecule has 94 valence electrons. The van der Waals surface area contributed by atoms with Gasteiger partial charge in [0.25, 0.3) is 0 Å². The van der Waals surface area contributed by atoms with Crippen molar-refractivity contribution in [3.63, 3.8) is 0 Å². The fraction of sp³-hybridized carbons (Fsp3) is 0.357. The summed E-state index contributed by atoms with van der Waals surface area (Å²) in [5.74, 6) is 0.976. The molecular weight excluding hydrogens is 244 g/mol. The first-order chi connectivity index (χ1) is 8.78. The number of hydrogen-bond donors (Lipinski definition) is 2. The molecule has 18 heavy (non-hydrogen) atoms. The topological polar surface area (TPSA) is 45.1 Å². The van der Waals surface area contributed by atoms with Crippen LogP contribution in [-0.2, 0) is 6.54 Å². The van der Waals surface area contributed by atoms with E-state index in [9.17, 15) is 5.11 Å². The molecule has 0 bridgehead atoms. The lowest BCUT2D eigenvalue weighted by Crippen LogP contribution is -2.05. The van der Waals surface area contributed by atoms with Crippen molar-refractivity contribution in [2.75, 3.05) is 7.05 Å². The monoisotopic (exact) mass is 260 g/mol. The Morgan fingerprint density at radius 1 is 1.33 bits per heavy atom. The summed E-state index contributed by atoms with van der Waals surface area (Å²) in [6.07, 6.45) is 2.55. The van der Waals surface area contributed by atoms with Crippen LogP contribution in [0, 0.1) is 0 Å². The number of phenols is 1. The molecule has 1 aliphatic carbocycles. The van der Waals surface area contributed by atoms with Crippen LogP contribution in [0.3, 0.4) is 0 Å². The number of benzene rings is 1. The molecule has 0 spiro atoms. The average Bonchev–Trinajstić information content (AvgIpc) is 3.13. The van der Waals surface area contributed by atoms with Crippen LogP contribution in [0.15, 0.2) is 24.3 Å². The van der Waals surface area contributed by atoms with Gasteiger partial charge in [-0.2, -0.15) is 0 Å². The van der Waals surface area contributed by atoms with Crippen molar-refractivity contribution < 1.29 is 5.11 Å². The van der Waals surface area contributed by atoms with Crippen LogP contribution >= 0.6 is 11.3 Å². The number of nitrogens with zero attached hydrogens (tertiary/aromatic N) is 1. The van der Waals surface area contributed by atoms with Crippen molar-refractivity contribution in [3.8, 4) is 16.3 Å². The molecule has 3 nitrogen and oxygen atoms in total. The summed E-state index contributed by atoms with van der Waals surface area (Å²) in [5, 5.41) is 13.6. The fourth-order valence-electron chi connectivity index (χ4n) is 2.05. The van der Waals surface area contributed by atoms with Crippen LogP contribution in [0.2, 0.25) is 0 Å². The SMILES string of the molecule is CNCc1sc(-c2ccc(O)cc2)nc1C1CC1. The zero-order chi connectivity index (χ0) is 12.5. The van der Waals surface area contributed by atoms with Crippen molar-refractivity contribution in [2.45, 2.75) is 25.3 Å². The van der Waals surface area contributed by atoms with Crippen molar-refractivity contribution >= 4 is 11.3 Å². The Hall–Kier alpha value is -1.39. The Kier molecular flexibility index (Phi) is 3.06. The summed E-state index contributed by atoms with van der Waals surface area (Å²) in [6, 6.07) is 7.28. The normalized spacial score (nSPS) is 14.9. The molecule has 0 saturated heterocycles. The molecule has 1 aromatic carbocycles. The molecule has 0 amide bonds. The number of hydrogen-bond acceptors (Lipinski definition) is 4. The highest BCUT2D eigenvalue weighted by molar-refractivity contribution is 7.15. The van der Waals surface area contributed by atoms with E-state index in [0.29, 0.717) is 11.7 Å². The van der Waals surface area contributed by atoms with Crippen LogP contribution in [0.5, 0.6) is 5.75 Å². The highest BCUT2D eigenvalue weighted by atomic mass is 32.1. The van der Waals surface area contributed by atoms with E-state index in [1.165, 1.54) is 23.4 Å². The van der Waals surface area contributed by atoms with E-state index < -0.39 is 0 Å². The molecule has 1 saturated carbocycles. The molecule has 1 aromatic heterocycles. The Labute approximate surface area is 111 Å². The van der Waals surface area contributed by atoms with E-state index in [1.807, 2.05) is 19.2 Å². The van der Waals surface area contributed by atoms with E-state index in [0.717, 1.165) is 17.1 Å². The maximum Gasteiger partial charge on any atom is 0.123 e. The molecule has 3 rings (SSSR count). The molecule has 1 fully saturated rings. The van der Waals surface area contributed by atoms with Crippen LogP contribution in [-0.4, -0.2) is 17.1 Å². The molecule has 2 N–H and O–H groups in total. The van der Waals surface area contributed by atoms with Crippen molar-refractivity contribution in [3.05, 3.63) is 34.8 Å². The zero-order valence-electron chi connectivity index (χ0n) is 10.3. The standard InChI is InChI=1S/C14H16N2OS/c1-15-8-12-13(9-2-3-9)16-14(18-12)10-4-6-11(17)7-5-10/h4-7,9,15,17H,2-3,8H2,1H3. The molecular formula is C14H16N2OS. The minimum Gasteiger partial charge on any atom is -0.508 e. The number of phenolic OH excluding ortho intramolecular Hbond substituents is 1. The summed E-state index contributed by atoms with van der Waals surface area (Å²) in [6.45, 7) is 0.890. The number of thiazole rings is 1. The summed E-state index contributed by atoms with van der Waals surface area (Å²) in [7, 11) is 1.97. The second-order valence-electron chi connectivity index (χ2n) is 4.68. The van der Waals surface area contributed by atoms with Gasteiger partial charge in [0, 0.05) is 22.9 Å². The summed E-state index contributed by atoms with van der Waals surface area (Å²) in [4.78, 5) is 6.14. The third-order valence-electron chi connectivity index (χ3n) is 3.14. The van der Waals surface area contributed by atoms with Crippen LogP contribution in [0.25, 0.3) is 10.6 Å². The van der Waals surface area contributed by atoms with E-state index in [1.54, 1.807) is 23.5 Å². The minimum atomic E-state index is 0.299. The Balaban J connectivity index is 1.96. The van der Waals surface area contributed by atoms with Gasteiger partial charge in [-0.15, -0.1) is 11.3 Å². The number of nitrogens with one attached hydrogen (secondary N) is 1. The number of aromatic nitrogens is 1. The van der Waals surface area contributed by atoms with Gasteiger partial charge in [0.05, 0.1) is 5.69 Å². The Morgan fingerprint density at radius 3 is 2.67 bits per heavy atom. The van der Waals surface area contributed by atoms with E-state index in [2.05, 4.69) is 5.32 Å². The average molecular weight is 260 g/mol. The van der Waals surface area contributed by atoms with E-state index in [-0.39, 0.29) is 0 Å². The van der Waals surface area contributed by atoms with Gasteiger partial charge >= 0.3 is 0 Å². The first-order valence-corrected chi connectivity index (χ1v) is 7.03. The van der Waals surface area contributed by atoms with Gasteiger partial charge in [0.1, 0.15) is 10.8 Å². The largest absolute Gasteiger partial charge is 0.508 e. The lowest BCUT2D eigenvalue weighted by molar-refractivity contribution is 0.475. The third-order valence-corrected chi connectivity index (χ3v) is 4.26. The highest BCUT2D eigenvalue weighted by Gasteiger charge is 2.29. The van der Waals surface area contributed by atoms with Crippen LogP contribution in [0.4, 0.5) is 0 Å². The quantitative estimate of drug-likeness (QED) is 0.888. The lowest BCUT2D eigenvalue weighted by atomic mass is 10.2. The van der Waals surface area contributed by atoms with Crippen LogP contribution in [0.1, 0.15) is 29.3 Å². The molecule has 0 unspecified atom stereocenters. The van der Waals surface area contributed by atoms with E-state index >= 15 is 0 Å². The van der Waals surface area contributed by atoms with Gasteiger partial charge in [-0.05, 0) is 44.2 Å². The van der Waals surface area contributed by atoms with Crippen LogP contribution < -0.4 is 5.32 Å². The molecule has 2 aromatic rings. The summed E-state index contributed by atoms with van der Waals surface area (Å²) >= 11 is 1.76. The maximum absolute atomic E-state index is 9.32. The van der Waals surface area contributed by atoms with Gasteiger partial charge in [0.2, 0.25) is 0 Å². The molecule has 0 aliphatic heterocycles. The van der Waals surface area contributed by atoms with E-state index in [4.69, 9.17) is 4.98 Å². The third kappa shape index (κ3) is 2.26. The van der Waals surface area contributed by atoms with Gasteiger partial charge in [0.15, 0.2) is 0 Å². The second kappa shape index (κ2) is 4.71. The van der Waals surface area contributed by atoms with Crippen molar-refractivity contribution in [1.29, 1.82) is 0 Å². The van der Waals surface area contributed by atoms with Crippen molar-refractivity contribution in [2.24, 2.45) is 0 Å². The Morgan fingerprint density at radius 2 is 2.06 bits per heavy atom. The number of rotatable bonds is 4. The molecule has 1 heterocycles. The zero-order valence-corrected chi connectivity index (χ0v) is 11.1. The first kappa shape index (κ1) is 11.7. The minimum absolute atomic E-state index is 0.299. The van der Waals surface area contributed by atoms with Gasteiger partial charge in [-0.3, -0.25) is 0 Å². The second-order valence-corrected chi connectivity index (χ2v) is 5.76. The number of aromatic hydroxyl groups is 1. The highest BCUT2D eigenvalue weighted by Crippen LogP contribution is 2.44. The van der Waals surface area contributed by atoms with Crippen molar-refractivity contribution in [1.82, 2.24) is 10.3 Å². The molecule has 0 radical (unpaired) electrons. The lowest BCUT2D eigenvalue weighted by Gasteiger charge is -1.97. The smallest absolute Gasteiger partial charge is 0.123 e. The predicted molar refractivity (Wildman–Crippen MR) is 74.0 cm³/mol. The molecule has 0 atom stereocenters. The Bertz CT molecular complexity index is 543. The molecule has 1 aliphatic rings. The first-order valence-electron chi connectivity index (χ1n) is 6.21. The fourth-order valence-corrected chi connectivity index (χ4v) is 3.22. The maximum atomic E-state index is 9.32. The van der Waals surface area contributed by atoms with Gasteiger partial charge < -0.3 is 10.4 Å². The van der Waals surface area contributed by atoms with Gasteiger partial charge in [-0.25, -0.2) is 4.98 Å². The summed E-state index contributed by atoms with van der Waals surface area (Å²) < 4.78 is 0. The predicted octanol–water partition coefficient (Wildman–Crippen LogP) is 3.11. The van der Waals surface area contributed by atoms with Gasteiger partial charge in [-0.1, -0.05) is 0 Å². The summed E-state index contributed by atoms with van der Waals surface area (Å²) in [5.41, 5.74) is 2.36. The molecule has 4 heteroatoms.